The molecular weight excluding hydrogens is 795 g/mol. The normalized spacial score (nSPS) is 14.9. The van der Waals surface area contributed by atoms with Crippen LogP contribution < -0.4 is 28.3 Å². The van der Waals surface area contributed by atoms with Gasteiger partial charge in [0.15, 0.2) is 11.2 Å². The van der Waals surface area contributed by atoms with E-state index in [9.17, 15) is 19.2 Å². The number of nitrogens with two attached hydrogens (primary N) is 3. The lowest BCUT2D eigenvalue weighted by Crippen LogP contribution is -2.43. The van der Waals surface area contributed by atoms with Gasteiger partial charge in [0.1, 0.15) is 17.1 Å². The number of nitrogens with zero attached hydrogens (tertiary/aromatic N) is 2. The fraction of sp³-hybridized carbons (Fsp3) is 0.216. The Morgan fingerprint density at radius 1 is 0.571 bits per heavy atom. The lowest BCUT2D eigenvalue weighted by molar-refractivity contribution is 0.0600. The van der Waals surface area contributed by atoms with Gasteiger partial charge in [0.25, 0.3) is 17.0 Å². The van der Waals surface area contributed by atoms with Gasteiger partial charge in [0, 0.05) is 59.8 Å². The molecule has 0 bridgehead atoms. The lowest BCUT2D eigenvalue weighted by Gasteiger charge is -2.38. The van der Waals surface area contributed by atoms with Gasteiger partial charge >= 0.3 is 5.97 Å². The van der Waals surface area contributed by atoms with Crippen LogP contribution in [-0.4, -0.2) is 28.1 Å². The van der Waals surface area contributed by atoms with Gasteiger partial charge in [0.05, 0.1) is 23.4 Å². The molecule has 0 radical (unpaired) electrons. The predicted molar refractivity (Wildman–Crippen MR) is 244 cm³/mol. The van der Waals surface area contributed by atoms with E-state index in [1.807, 2.05) is 109 Å². The molecule has 0 atom stereocenters. The van der Waals surface area contributed by atoms with Crippen molar-refractivity contribution in [2.45, 2.75) is 49.6 Å². The smallest absolute Gasteiger partial charge is 0.343 e. The monoisotopic (exact) mass is 841 g/mol. The Labute approximate surface area is 362 Å². The van der Waals surface area contributed by atoms with Gasteiger partial charge < -0.3 is 39.9 Å². The molecule has 8 aromatic rings. The largest absolute Gasteiger partial charge is 0.465 e. The molecule has 4 aromatic heterocycles. The first kappa shape index (κ1) is 41.1. The van der Waals surface area contributed by atoms with Crippen molar-refractivity contribution < 1.29 is 23.2 Å². The highest BCUT2D eigenvalue weighted by Crippen LogP contribution is 2.45. The van der Waals surface area contributed by atoms with Crippen molar-refractivity contribution in [3.8, 4) is 44.9 Å². The van der Waals surface area contributed by atoms with E-state index in [1.54, 1.807) is 14.1 Å². The second-order valence-corrected chi connectivity index (χ2v) is 16.7. The molecule has 1 amide bonds. The zero-order valence-electron chi connectivity index (χ0n) is 35.3. The molecule has 0 spiro atoms. The number of esters is 1. The minimum Gasteiger partial charge on any atom is -0.465 e. The van der Waals surface area contributed by atoms with E-state index >= 15 is 0 Å². The number of aromatic nitrogens is 2. The molecule has 2 aliphatic rings. The molecule has 12 nitrogen and oxygen atoms in total. The average Bonchev–Trinajstić information content (AvgIpc) is 3.89. The van der Waals surface area contributed by atoms with E-state index in [4.69, 9.17) is 30.8 Å². The Hall–Kier alpha value is -7.28. The zero-order chi connectivity index (χ0) is 44.2. The third-order valence-corrected chi connectivity index (χ3v) is 12.8. The summed E-state index contributed by atoms with van der Waals surface area (Å²) >= 11 is 0. The van der Waals surface area contributed by atoms with Gasteiger partial charge in [-0.1, -0.05) is 109 Å². The number of amides is 1. The maximum Gasteiger partial charge on any atom is 0.343 e. The Bertz CT molecular complexity index is 3170. The maximum atomic E-state index is 13.2. The first-order valence-electron chi connectivity index (χ1n) is 20.9. The summed E-state index contributed by atoms with van der Waals surface area (Å²) in [7, 11) is 4.52. The van der Waals surface area contributed by atoms with Crippen LogP contribution in [0.5, 0.6) is 0 Å². The van der Waals surface area contributed by atoms with Crippen LogP contribution in [0.4, 0.5) is 0 Å². The van der Waals surface area contributed by atoms with Crippen molar-refractivity contribution in [2.75, 3.05) is 7.11 Å². The van der Waals surface area contributed by atoms with Crippen molar-refractivity contribution in [3.63, 3.8) is 0 Å². The van der Waals surface area contributed by atoms with Crippen LogP contribution in [0.15, 0.2) is 140 Å². The van der Waals surface area contributed by atoms with Crippen LogP contribution in [0.25, 0.3) is 66.8 Å². The van der Waals surface area contributed by atoms with Crippen LogP contribution in [-0.2, 0) is 29.9 Å². The standard InChI is InChI=1S/C26H24N2O4.C25H23N3O3/c1-28-15-19(25(30)31-2)23-21(24(28)29)20(16-7-4-3-5-8-16)22(32-23)17-9-11-18(12-10-17)26(27)13-6-14-26;1-28-14-18(23(26)29)22-20(24(28)30)19(15-6-3-2-4-7-15)21(31-22)16-8-10-17(11-9-16)25(27)12-5-13-25/h3-5,7-12,15H,6,13-14,27H2,1-2H3;2-4,6-11,14H,5,12-13,27H2,1H3,(H2,26,29). The first-order valence-corrected chi connectivity index (χ1v) is 20.9. The number of ether oxygens (including phenoxy) is 1. The Kier molecular flexibility index (Phi) is 10.4. The van der Waals surface area contributed by atoms with Gasteiger partial charge in [-0.25, -0.2) is 4.79 Å². The second kappa shape index (κ2) is 15.9. The summed E-state index contributed by atoms with van der Waals surface area (Å²) in [5.74, 6) is -0.147. The number of methoxy groups -OCH3 is 1. The van der Waals surface area contributed by atoms with Gasteiger partial charge in [-0.2, -0.15) is 0 Å². The van der Waals surface area contributed by atoms with Crippen LogP contribution in [0.2, 0.25) is 0 Å². The fourth-order valence-electron chi connectivity index (χ4n) is 8.82. The summed E-state index contributed by atoms with van der Waals surface area (Å²) in [6.07, 6.45) is 9.06. The number of carbonyl (C=O) groups excluding carboxylic acids is 2. The highest BCUT2D eigenvalue weighted by atomic mass is 16.5. The third-order valence-electron chi connectivity index (χ3n) is 12.8. The van der Waals surface area contributed by atoms with E-state index in [-0.39, 0.29) is 44.5 Å². The SMILES string of the molecule is COC(=O)c1cn(C)c(=O)c2c(-c3ccccc3)c(-c3ccc(C4(N)CCC4)cc3)oc12.Cn1cc(C(N)=O)c2oc(-c3ccc(C4(N)CCC4)cc3)c(-c3ccccc3)c2c1=O. The summed E-state index contributed by atoms with van der Waals surface area (Å²) in [6.45, 7) is 0. The van der Waals surface area contributed by atoms with Crippen LogP contribution in [0.1, 0.15) is 70.4 Å². The minimum absolute atomic E-state index is 0.174. The number of hydrogen-bond donors (Lipinski definition) is 3. The summed E-state index contributed by atoms with van der Waals surface area (Å²) in [5, 5.41) is 0.702. The summed E-state index contributed by atoms with van der Waals surface area (Å²) in [4.78, 5) is 50.9. The fourth-order valence-corrected chi connectivity index (χ4v) is 8.82. The molecule has 2 saturated carbocycles. The molecule has 12 heteroatoms. The molecule has 4 heterocycles. The molecule has 2 fully saturated rings. The minimum atomic E-state index is -0.647. The van der Waals surface area contributed by atoms with Crippen molar-refractivity contribution in [1.82, 2.24) is 9.13 Å². The maximum absolute atomic E-state index is 13.2. The van der Waals surface area contributed by atoms with Gasteiger partial charge in [-0.3, -0.25) is 14.4 Å². The molecule has 318 valence electrons. The number of primary amides is 1. The zero-order valence-corrected chi connectivity index (χ0v) is 35.3. The van der Waals surface area contributed by atoms with E-state index in [0.29, 0.717) is 33.4 Å². The highest BCUT2D eigenvalue weighted by Gasteiger charge is 2.36. The lowest BCUT2D eigenvalue weighted by atomic mass is 9.72. The molecule has 2 aliphatic carbocycles. The van der Waals surface area contributed by atoms with Crippen LogP contribution >= 0.6 is 0 Å². The Morgan fingerprint density at radius 3 is 1.30 bits per heavy atom. The van der Waals surface area contributed by atoms with Crippen LogP contribution in [0, 0.1) is 0 Å². The number of pyridine rings is 2. The molecule has 63 heavy (non-hydrogen) atoms. The average molecular weight is 842 g/mol. The van der Waals surface area contributed by atoms with E-state index in [1.165, 1.54) is 28.6 Å². The number of carbonyl (C=O) groups is 2. The van der Waals surface area contributed by atoms with E-state index in [0.717, 1.165) is 71.9 Å². The summed E-state index contributed by atoms with van der Waals surface area (Å²) in [5.41, 5.74) is 25.1. The van der Waals surface area contributed by atoms with Gasteiger partial charge in [-0.15, -0.1) is 0 Å². The number of fused-ring (bicyclic) bond motifs is 2. The van der Waals surface area contributed by atoms with Crippen molar-refractivity contribution >= 4 is 33.8 Å². The molecule has 0 saturated heterocycles. The second-order valence-electron chi connectivity index (χ2n) is 16.7. The summed E-state index contributed by atoms with van der Waals surface area (Å²) in [6, 6.07) is 35.1. The molecule has 0 unspecified atom stereocenters. The topological polar surface area (TPSA) is 192 Å². The molecule has 6 N–H and O–H groups in total. The Morgan fingerprint density at radius 2 is 0.952 bits per heavy atom. The van der Waals surface area contributed by atoms with Crippen molar-refractivity contribution in [3.05, 3.63) is 165 Å². The van der Waals surface area contributed by atoms with Gasteiger partial charge in [-0.05, 0) is 60.8 Å². The summed E-state index contributed by atoms with van der Waals surface area (Å²) < 4.78 is 20.1. The first-order chi connectivity index (χ1) is 30.3. The number of furan rings is 2. The van der Waals surface area contributed by atoms with E-state index < -0.39 is 11.9 Å². The molecule has 0 aliphatic heterocycles. The third kappa shape index (κ3) is 7.07. The number of hydrogen-bond acceptors (Lipinski definition) is 9. The highest BCUT2D eigenvalue weighted by molar-refractivity contribution is 6.11. The van der Waals surface area contributed by atoms with Crippen molar-refractivity contribution in [1.29, 1.82) is 0 Å². The molecule has 4 aromatic carbocycles. The Balaban J connectivity index is 0.000000160. The quantitative estimate of drug-likeness (QED) is 0.126. The predicted octanol–water partition coefficient (Wildman–Crippen LogP) is 8.49. The van der Waals surface area contributed by atoms with E-state index in [2.05, 4.69) is 0 Å². The number of benzene rings is 4. The van der Waals surface area contributed by atoms with Crippen LogP contribution in [0.3, 0.4) is 0 Å². The molecule has 10 rings (SSSR count). The van der Waals surface area contributed by atoms with Crippen molar-refractivity contribution in [2.24, 2.45) is 31.3 Å². The molecular formula is C51H47N5O7. The number of aryl methyl sites for hydroxylation is 2. The van der Waals surface area contributed by atoms with Gasteiger partial charge in [0.2, 0.25) is 0 Å². The number of rotatable bonds is 8.